The van der Waals surface area contributed by atoms with E-state index in [1.54, 1.807) is 0 Å². The molecule has 134 valence electrons. The lowest BCUT2D eigenvalue weighted by Crippen LogP contribution is -2.23. The molecule has 0 saturated heterocycles. The van der Waals surface area contributed by atoms with Crippen molar-refractivity contribution in [3.05, 3.63) is 51.9 Å². The number of hydrogen-bond donors (Lipinski definition) is 1. The number of esters is 1. The van der Waals surface area contributed by atoms with Gasteiger partial charge in [0.2, 0.25) is 0 Å². The molecular weight excluding hydrogens is 348 g/mol. The van der Waals surface area contributed by atoms with E-state index in [-0.39, 0.29) is 12.5 Å². The molecule has 1 amide bonds. The van der Waals surface area contributed by atoms with Gasteiger partial charge in [-0.3, -0.25) is 9.59 Å². The normalized spacial score (nSPS) is 13.5. The topological polar surface area (TPSA) is 79.2 Å². The van der Waals surface area contributed by atoms with E-state index >= 15 is 0 Å². The molecule has 1 aromatic heterocycles. The number of nitrogens with zero attached hydrogens (tertiary/aromatic N) is 1. The average molecular weight is 368 g/mol. The van der Waals surface area contributed by atoms with E-state index in [2.05, 4.69) is 11.4 Å². The lowest BCUT2D eigenvalue weighted by molar-refractivity contribution is -0.149. The first-order chi connectivity index (χ1) is 12.6. The quantitative estimate of drug-likeness (QED) is 0.787. The van der Waals surface area contributed by atoms with Gasteiger partial charge in [-0.25, -0.2) is 0 Å². The third-order valence-corrected chi connectivity index (χ3v) is 5.73. The molecule has 0 radical (unpaired) electrons. The second-order valence-electron chi connectivity index (χ2n) is 6.20. The summed E-state index contributed by atoms with van der Waals surface area (Å²) >= 11 is 1.45. The summed E-state index contributed by atoms with van der Waals surface area (Å²) in [6.45, 7) is 1.56. The van der Waals surface area contributed by atoms with Crippen LogP contribution in [-0.4, -0.2) is 18.5 Å². The van der Waals surface area contributed by atoms with Gasteiger partial charge in [-0.2, -0.15) is 5.26 Å². The molecule has 1 heterocycles. The van der Waals surface area contributed by atoms with Crippen LogP contribution in [0.2, 0.25) is 0 Å². The number of amides is 1. The highest BCUT2D eigenvalue weighted by atomic mass is 32.1. The summed E-state index contributed by atoms with van der Waals surface area (Å²) in [6.07, 6.45) is 3.49. The summed E-state index contributed by atoms with van der Waals surface area (Å²) in [4.78, 5) is 25.7. The van der Waals surface area contributed by atoms with Gasteiger partial charge in [-0.05, 0) is 36.8 Å². The standard InChI is InChI=1S/C20H20N2O3S/c1-2-14(13-7-4-3-5-8-13)20(24)25-12-18(23)22-19-16(11-21)15-9-6-10-17(15)26-19/h3-5,7-8,14H,2,6,9-10,12H2,1H3,(H,22,23)/t14-/m0/s1. The first-order valence-electron chi connectivity index (χ1n) is 8.70. The molecule has 3 rings (SSSR count). The van der Waals surface area contributed by atoms with Gasteiger partial charge in [0.15, 0.2) is 6.61 Å². The number of hydrogen-bond acceptors (Lipinski definition) is 5. The summed E-state index contributed by atoms with van der Waals surface area (Å²) in [6, 6.07) is 11.6. The van der Waals surface area contributed by atoms with E-state index in [0.717, 1.165) is 30.4 Å². The third-order valence-electron chi connectivity index (χ3n) is 4.53. The van der Waals surface area contributed by atoms with Gasteiger partial charge in [0.05, 0.1) is 11.5 Å². The van der Waals surface area contributed by atoms with Crippen LogP contribution in [0.1, 0.15) is 47.3 Å². The monoisotopic (exact) mass is 368 g/mol. The second-order valence-corrected chi connectivity index (χ2v) is 7.31. The molecule has 0 aliphatic heterocycles. The van der Waals surface area contributed by atoms with E-state index in [0.29, 0.717) is 17.0 Å². The van der Waals surface area contributed by atoms with Gasteiger partial charge in [0.1, 0.15) is 11.1 Å². The van der Waals surface area contributed by atoms with Crippen LogP contribution in [0.5, 0.6) is 0 Å². The molecule has 6 heteroatoms. The molecule has 1 aliphatic rings. The molecule has 1 aromatic carbocycles. The van der Waals surface area contributed by atoms with Crippen molar-refractivity contribution < 1.29 is 14.3 Å². The van der Waals surface area contributed by atoms with Crippen molar-refractivity contribution in [2.24, 2.45) is 0 Å². The Morgan fingerprint density at radius 3 is 2.77 bits per heavy atom. The number of aryl methyl sites for hydroxylation is 1. The largest absolute Gasteiger partial charge is 0.455 e. The lowest BCUT2D eigenvalue weighted by Gasteiger charge is -2.14. The van der Waals surface area contributed by atoms with Crippen molar-refractivity contribution in [2.45, 2.75) is 38.5 Å². The summed E-state index contributed by atoms with van der Waals surface area (Å²) in [5, 5.41) is 12.6. The van der Waals surface area contributed by atoms with Crippen LogP contribution in [0, 0.1) is 11.3 Å². The molecule has 26 heavy (non-hydrogen) atoms. The Labute approximate surface area is 156 Å². The molecule has 0 fully saturated rings. The summed E-state index contributed by atoms with van der Waals surface area (Å²) in [7, 11) is 0. The van der Waals surface area contributed by atoms with Crippen LogP contribution in [0.25, 0.3) is 0 Å². The van der Waals surface area contributed by atoms with Gasteiger partial charge in [-0.1, -0.05) is 37.3 Å². The fourth-order valence-corrected chi connectivity index (χ4v) is 4.49. The molecule has 1 aliphatic carbocycles. The number of anilines is 1. The molecule has 0 spiro atoms. The van der Waals surface area contributed by atoms with E-state index in [9.17, 15) is 14.9 Å². The van der Waals surface area contributed by atoms with Crippen LogP contribution in [0.4, 0.5) is 5.00 Å². The van der Waals surface area contributed by atoms with Gasteiger partial charge in [-0.15, -0.1) is 11.3 Å². The number of nitrogens with one attached hydrogen (secondary N) is 1. The van der Waals surface area contributed by atoms with Gasteiger partial charge in [0.25, 0.3) is 5.91 Å². The van der Waals surface area contributed by atoms with E-state index < -0.39 is 11.9 Å². The number of thiophene rings is 1. The molecule has 0 bridgehead atoms. The molecule has 1 atom stereocenters. The zero-order valence-electron chi connectivity index (χ0n) is 14.6. The number of nitriles is 1. The van der Waals surface area contributed by atoms with Gasteiger partial charge in [0, 0.05) is 4.88 Å². The molecule has 1 N–H and O–H groups in total. The Balaban J connectivity index is 1.59. The van der Waals surface area contributed by atoms with Gasteiger partial charge >= 0.3 is 5.97 Å². The molecule has 5 nitrogen and oxygen atoms in total. The van der Waals surface area contributed by atoms with Crippen molar-refractivity contribution in [3.8, 4) is 6.07 Å². The highest BCUT2D eigenvalue weighted by Gasteiger charge is 2.24. The second kappa shape index (κ2) is 8.15. The zero-order chi connectivity index (χ0) is 18.5. The Hall–Kier alpha value is -2.65. The SMILES string of the molecule is CC[C@H](C(=O)OCC(=O)Nc1sc2c(c1C#N)CCC2)c1ccccc1. The summed E-state index contributed by atoms with van der Waals surface area (Å²) in [5.74, 6) is -1.22. The molecule has 2 aromatic rings. The highest BCUT2D eigenvalue weighted by Crippen LogP contribution is 2.38. The number of carbonyl (C=O) groups excluding carboxylic acids is 2. The lowest BCUT2D eigenvalue weighted by atomic mass is 9.97. The van der Waals surface area contributed by atoms with Crippen molar-refractivity contribution in [3.63, 3.8) is 0 Å². The average Bonchev–Trinajstić information content (AvgIpc) is 3.22. The van der Waals surface area contributed by atoms with Crippen molar-refractivity contribution in [1.29, 1.82) is 5.26 Å². The van der Waals surface area contributed by atoms with Crippen LogP contribution < -0.4 is 5.32 Å². The highest BCUT2D eigenvalue weighted by molar-refractivity contribution is 7.16. The Morgan fingerprint density at radius 2 is 2.08 bits per heavy atom. The fraction of sp³-hybridized carbons (Fsp3) is 0.350. The van der Waals surface area contributed by atoms with Crippen molar-refractivity contribution in [2.75, 3.05) is 11.9 Å². The van der Waals surface area contributed by atoms with E-state index in [4.69, 9.17) is 4.74 Å². The van der Waals surface area contributed by atoms with Crippen molar-refractivity contribution in [1.82, 2.24) is 0 Å². The predicted octanol–water partition coefficient (Wildman–Crippen LogP) is 3.78. The Bertz CT molecular complexity index is 852. The van der Waals surface area contributed by atoms with Crippen LogP contribution in [-0.2, 0) is 27.2 Å². The maximum absolute atomic E-state index is 12.3. The number of fused-ring (bicyclic) bond motifs is 1. The Kier molecular flexibility index (Phi) is 5.69. The Morgan fingerprint density at radius 1 is 1.31 bits per heavy atom. The van der Waals surface area contributed by atoms with Crippen LogP contribution >= 0.6 is 11.3 Å². The minimum absolute atomic E-state index is 0.352. The van der Waals surface area contributed by atoms with E-state index in [1.165, 1.54) is 16.2 Å². The maximum Gasteiger partial charge on any atom is 0.313 e. The first-order valence-corrected chi connectivity index (χ1v) is 9.51. The minimum atomic E-state index is -0.419. The van der Waals surface area contributed by atoms with Crippen LogP contribution in [0.3, 0.4) is 0 Å². The number of carbonyl (C=O) groups is 2. The zero-order valence-corrected chi connectivity index (χ0v) is 15.4. The third kappa shape index (κ3) is 3.78. The summed E-state index contributed by atoms with van der Waals surface area (Å²) < 4.78 is 5.21. The predicted molar refractivity (Wildman–Crippen MR) is 100 cm³/mol. The first kappa shape index (κ1) is 18.2. The number of ether oxygens (including phenoxy) is 1. The van der Waals surface area contributed by atoms with Crippen LogP contribution in [0.15, 0.2) is 30.3 Å². The maximum atomic E-state index is 12.3. The summed E-state index contributed by atoms with van der Waals surface area (Å²) in [5.41, 5.74) is 2.49. The van der Waals surface area contributed by atoms with Gasteiger partial charge < -0.3 is 10.1 Å². The molecular formula is C20H20N2O3S. The smallest absolute Gasteiger partial charge is 0.313 e. The number of benzene rings is 1. The van der Waals surface area contributed by atoms with Crippen molar-refractivity contribution >= 4 is 28.2 Å². The minimum Gasteiger partial charge on any atom is -0.455 e. The molecule has 0 unspecified atom stereocenters. The number of rotatable bonds is 6. The van der Waals surface area contributed by atoms with E-state index in [1.807, 2.05) is 37.3 Å². The fourth-order valence-electron chi connectivity index (χ4n) is 3.23. The molecule has 0 saturated carbocycles.